The molecule has 4 nitrogen and oxygen atoms in total. The lowest BCUT2D eigenvalue weighted by atomic mass is 9.62. The Hall–Kier alpha value is -2.35. The van der Waals surface area contributed by atoms with Gasteiger partial charge in [-0.05, 0) is 93.7 Å². The number of carbonyl (C=O) groups excluding carboxylic acids is 1. The number of hydrogen-bond donors (Lipinski definition) is 0. The second-order valence-electron chi connectivity index (χ2n) is 14.9. The number of alkyl halides is 4. The van der Waals surface area contributed by atoms with E-state index in [-0.39, 0.29) is 29.8 Å². The quantitative estimate of drug-likeness (QED) is 0.311. The summed E-state index contributed by atoms with van der Waals surface area (Å²) in [5.74, 6) is -0.173. The van der Waals surface area contributed by atoms with Crippen LogP contribution in [0.2, 0.25) is 0 Å². The van der Waals surface area contributed by atoms with Gasteiger partial charge in [-0.3, -0.25) is 9.69 Å². The fourth-order valence-corrected chi connectivity index (χ4v) is 8.45. The molecule has 0 N–H and O–H groups in total. The van der Waals surface area contributed by atoms with Crippen molar-refractivity contribution in [3.63, 3.8) is 0 Å². The first-order valence-electron chi connectivity index (χ1n) is 16.5. The van der Waals surface area contributed by atoms with E-state index in [1.807, 2.05) is 45.0 Å². The third kappa shape index (κ3) is 6.47. The summed E-state index contributed by atoms with van der Waals surface area (Å²) in [6.07, 6.45) is 4.02. The number of likely N-dealkylation sites (tertiary alicyclic amines) is 2. The van der Waals surface area contributed by atoms with E-state index in [4.69, 9.17) is 4.74 Å². The number of carbonyl (C=O) groups is 1. The Bertz CT molecular complexity index is 1230. The summed E-state index contributed by atoms with van der Waals surface area (Å²) in [4.78, 5) is 17.8. The van der Waals surface area contributed by atoms with Crippen molar-refractivity contribution >= 4 is 5.91 Å². The fourth-order valence-electron chi connectivity index (χ4n) is 8.45. The minimum Gasteiger partial charge on any atom is -0.497 e. The van der Waals surface area contributed by atoms with Gasteiger partial charge in [0.2, 0.25) is 5.67 Å². The van der Waals surface area contributed by atoms with Gasteiger partial charge in [-0.2, -0.15) is 13.2 Å². The summed E-state index contributed by atoms with van der Waals surface area (Å²) in [6.45, 7) is 11.4. The monoisotopic (exact) mass is 618 g/mol. The number of allylic oxidation sites excluding steroid dienone is 4. The maximum atomic E-state index is 17.2. The lowest BCUT2D eigenvalue weighted by molar-refractivity contribution is -0.145. The first-order chi connectivity index (χ1) is 20.6. The first-order valence-corrected chi connectivity index (χ1v) is 16.5. The van der Waals surface area contributed by atoms with Gasteiger partial charge in [0, 0.05) is 43.2 Å². The number of hydrogen-bond acceptors (Lipinski definition) is 3. The largest absolute Gasteiger partial charge is 0.497 e. The molecule has 2 saturated heterocycles. The predicted molar refractivity (Wildman–Crippen MR) is 166 cm³/mol. The van der Waals surface area contributed by atoms with Gasteiger partial charge in [0.1, 0.15) is 5.75 Å². The van der Waals surface area contributed by atoms with Gasteiger partial charge in [0.25, 0.3) is 5.91 Å². The molecule has 5 rings (SSSR count). The molecule has 44 heavy (non-hydrogen) atoms. The second kappa shape index (κ2) is 12.4. The molecule has 2 unspecified atom stereocenters. The molecule has 1 saturated carbocycles. The molecule has 8 heteroatoms. The van der Waals surface area contributed by atoms with Gasteiger partial charge in [-0.1, -0.05) is 56.5 Å². The molecule has 1 amide bonds. The van der Waals surface area contributed by atoms with Crippen LogP contribution >= 0.6 is 0 Å². The molecule has 1 aromatic carbocycles. The van der Waals surface area contributed by atoms with E-state index < -0.39 is 35.2 Å². The maximum Gasteiger partial charge on any atom is 0.412 e. The SMILES string of the molecule is COc1ccc([C@@H]2CN(C(C)(C)C)C[C@@]2(F)C(=O)N2CCC(C3=CC=C(C(F)(F)F)C(C)C3C3CCC(C)CC3)CC2)cc1. The van der Waals surface area contributed by atoms with Crippen LogP contribution in [0.5, 0.6) is 5.75 Å². The molecule has 2 aliphatic heterocycles. The molecule has 0 radical (unpaired) electrons. The van der Waals surface area contributed by atoms with Crippen LogP contribution in [0.4, 0.5) is 17.6 Å². The molecule has 4 atom stereocenters. The van der Waals surface area contributed by atoms with Crippen molar-refractivity contribution in [1.82, 2.24) is 9.80 Å². The average Bonchev–Trinajstić information content (AvgIpc) is 3.36. The molecule has 2 aliphatic carbocycles. The van der Waals surface area contributed by atoms with E-state index in [9.17, 15) is 18.0 Å². The van der Waals surface area contributed by atoms with Gasteiger partial charge < -0.3 is 9.64 Å². The van der Waals surface area contributed by atoms with Crippen LogP contribution in [0.3, 0.4) is 0 Å². The van der Waals surface area contributed by atoms with Crippen molar-refractivity contribution in [2.75, 3.05) is 33.3 Å². The summed E-state index contributed by atoms with van der Waals surface area (Å²) in [5, 5.41) is 0. The number of rotatable bonds is 5. The minimum atomic E-state index is -4.34. The van der Waals surface area contributed by atoms with Crippen molar-refractivity contribution in [2.45, 2.75) is 96.4 Å². The maximum absolute atomic E-state index is 17.2. The number of methoxy groups -OCH3 is 1. The third-order valence-electron chi connectivity index (χ3n) is 11.2. The highest BCUT2D eigenvalue weighted by Crippen LogP contribution is 2.51. The molecule has 1 aromatic rings. The predicted octanol–water partition coefficient (Wildman–Crippen LogP) is 8.35. The Morgan fingerprint density at radius 1 is 0.932 bits per heavy atom. The number of benzene rings is 1. The Morgan fingerprint density at radius 3 is 2.09 bits per heavy atom. The summed E-state index contributed by atoms with van der Waals surface area (Å²) in [6, 6.07) is 7.34. The lowest BCUT2D eigenvalue weighted by Gasteiger charge is -2.45. The van der Waals surface area contributed by atoms with Crippen molar-refractivity contribution in [3.05, 3.63) is 53.1 Å². The van der Waals surface area contributed by atoms with Gasteiger partial charge in [0.15, 0.2) is 0 Å². The fraction of sp³-hybridized carbons (Fsp3) is 0.694. The van der Waals surface area contributed by atoms with Crippen LogP contribution in [0.1, 0.15) is 84.6 Å². The van der Waals surface area contributed by atoms with Crippen LogP contribution in [0, 0.1) is 29.6 Å². The molecule has 2 heterocycles. The van der Waals surface area contributed by atoms with Gasteiger partial charge >= 0.3 is 6.18 Å². The van der Waals surface area contributed by atoms with E-state index in [0.29, 0.717) is 44.1 Å². The Labute approximate surface area is 260 Å². The molecule has 0 bridgehead atoms. The topological polar surface area (TPSA) is 32.8 Å². The molecule has 0 spiro atoms. The van der Waals surface area contributed by atoms with E-state index in [0.717, 1.165) is 36.8 Å². The standard InChI is InChI=1S/C36H50F4N2O2/c1-23-7-9-27(10-8-23)32-24(2)30(36(38,39)40)16-15-29(32)25-17-19-41(20-18-25)33(43)35(37)22-42(34(3,4)5)21-31(35)26-11-13-28(44-6)14-12-26/h11-16,23-25,27,31-32H,7-10,17-22H2,1-6H3/t23?,24?,27?,31-,32?,35-/m0/s1. The van der Waals surface area contributed by atoms with Crippen LogP contribution in [0.25, 0.3) is 0 Å². The summed E-state index contributed by atoms with van der Waals surface area (Å²) < 4.78 is 64.5. The minimum absolute atomic E-state index is 0.0296. The zero-order valence-corrected chi connectivity index (χ0v) is 27.2. The van der Waals surface area contributed by atoms with Crippen LogP contribution in [0.15, 0.2) is 47.6 Å². The van der Waals surface area contributed by atoms with Crippen LogP contribution < -0.4 is 4.74 Å². The van der Waals surface area contributed by atoms with Gasteiger partial charge in [-0.15, -0.1) is 0 Å². The number of nitrogens with zero attached hydrogens (tertiary/aromatic N) is 2. The zero-order valence-electron chi connectivity index (χ0n) is 27.2. The Morgan fingerprint density at radius 2 is 1.55 bits per heavy atom. The number of halogens is 4. The van der Waals surface area contributed by atoms with Crippen LogP contribution in [-0.4, -0.2) is 66.4 Å². The highest BCUT2D eigenvalue weighted by atomic mass is 19.4. The smallest absolute Gasteiger partial charge is 0.412 e. The highest BCUT2D eigenvalue weighted by Gasteiger charge is 2.57. The molecular formula is C36H50F4N2O2. The number of ether oxygens (including phenoxy) is 1. The average molecular weight is 619 g/mol. The Balaban J connectivity index is 1.35. The number of amides is 1. The zero-order chi connectivity index (χ0) is 32.0. The summed E-state index contributed by atoms with van der Waals surface area (Å²) in [7, 11) is 1.59. The van der Waals surface area contributed by atoms with Crippen molar-refractivity contribution in [1.29, 1.82) is 0 Å². The molecular weight excluding hydrogens is 568 g/mol. The van der Waals surface area contributed by atoms with E-state index >= 15 is 4.39 Å². The van der Waals surface area contributed by atoms with E-state index in [2.05, 4.69) is 11.8 Å². The third-order valence-corrected chi connectivity index (χ3v) is 11.2. The molecule has 3 fully saturated rings. The Kier molecular flexibility index (Phi) is 9.34. The second-order valence-corrected chi connectivity index (χ2v) is 14.9. The van der Waals surface area contributed by atoms with E-state index in [1.165, 1.54) is 6.08 Å². The summed E-state index contributed by atoms with van der Waals surface area (Å²) in [5.41, 5.74) is -0.903. The van der Waals surface area contributed by atoms with Crippen molar-refractivity contribution in [2.24, 2.45) is 29.6 Å². The molecule has 0 aromatic heterocycles. The van der Waals surface area contributed by atoms with E-state index in [1.54, 1.807) is 25.0 Å². The lowest BCUT2D eigenvalue weighted by Crippen LogP contribution is -2.53. The summed E-state index contributed by atoms with van der Waals surface area (Å²) >= 11 is 0. The van der Waals surface area contributed by atoms with Gasteiger partial charge in [-0.25, -0.2) is 4.39 Å². The van der Waals surface area contributed by atoms with Crippen LogP contribution in [-0.2, 0) is 4.79 Å². The highest BCUT2D eigenvalue weighted by molar-refractivity contribution is 5.87. The van der Waals surface area contributed by atoms with Gasteiger partial charge in [0.05, 0.1) is 7.11 Å². The molecule has 4 aliphatic rings. The van der Waals surface area contributed by atoms with Crippen molar-refractivity contribution in [3.8, 4) is 5.75 Å². The normalized spacial score (nSPS) is 32.8. The van der Waals surface area contributed by atoms with Crippen molar-refractivity contribution < 1.29 is 27.1 Å². The first kappa shape index (κ1) is 33.0. The number of piperidine rings is 1. The molecule has 244 valence electrons.